The van der Waals surface area contributed by atoms with E-state index in [-0.39, 0.29) is 6.10 Å². The second-order valence-corrected chi connectivity index (χ2v) is 7.64. The van der Waals surface area contributed by atoms with Crippen molar-refractivity contribution in [2.24, 2.45) is 17.8 Å². The standard InChI is InChI=1S/C17H26O2P/c1-13(2)16-10-9-14(3)11-17(16)19-20(18)12-15-7-5-4-6-8-15/h4-8,13-14,16-17H,9-12H2,1-3H3/q+1/t14?,16?,17-/m1/s1. The molecule has 0 amide bonds. The first-order valence-corrected chi connectivity index (χ1v) is 9.08. The molecule has 4 atom stereocenters. The second kappa shape index (κ2) is 7.33. The van der Waals surface area contributed by atoms with Crippen LogP contribution in [0.4, 0.5) is 0 Å². The molecule has 0 spiro atoms. The molecule has 1 aromatic carbocycles. The molecule has 1 aromatic rings. The average Bonchev–Trinajstić information content (AvgIpc) is 2.39. The van der Waals surface area contributed by atoms with Gasteiger partial charge < -0.3 is 0 Å². The van der Waals surface area contributed by atoms with E-state index in [4.69, 9.17) is 4.52 Å². The lowest BCUT2D eigenvalue weighted by molar-refractivity contribution is 0.0522. The smallest absolute Gasteiger partial charge is 0.142 e. The van der Waals surface area contributed by atoms with Gasteiger partial charge in [0.05, 0.1) is 0 Å². The second-order valence-electron chi connectivity index (χ2n) is 6.45. The van der Waals surface area contributed by atoms with E-state index in [0.717, 1.165) is 12.0 Å². The van der Waals surface area contributed by atoms with Crippen LogP contribution in [0, 0.1) is 17.8 Å². The number of hydrogen-bond acceptors (Lipinski definition) is 2. The van der Waals surface area contributed by atoms with Gasteiger partial charge in [0.2, 0.25) is 6.16 Å². The molecule has 0 saturated heterocycles. The first-order chi connectivity index (χ1) is 9.56. The lowest BCUT2D eigenvalue weighted by Crippen LogP contribution is -2.32. The van der Waals surface area contributed by atoms with E-state index in [1.54, 1.807) is 0 Å². The summed E-state index contributed by atoms with van der Waals surface area (Å²) in [6.07, 6.45) is 4.24. The molecule has 2 rings (SSSR count). The summed E-state index contributed by atoms with van der Waals surface area (Å²) >= 11 is 0. The Bertz CT molecular complexity index is 430. The van der Waals surface area contributed by atoms with Gasteiger partial charge in [-0.05, 0) is 35.2 Å². The molecule has 2 nitrogen and oxygen atoms in total. The molecular formula is C17H26O2P+. The minimum Gasteiger partial charge on any atom is -0.142 e. The van der Waals surface area contributed by atoms with Crippen LogP contribution >= 0.6 is 8.03 Å². The van der Waals surface area contributed by atoms with Crippen LogP contribution < -0.4 is 0 Å². The number of hydrogen-bond donors (Lipinski definition) is 0. The van der Waals surface area contributed by atoms with Gasteiger partial charge in [0, 0.05) is 5.56 Å². The quantitative estimate of drug-likeness (QED) is 0.679. The van der Waals surface area contributed by atoms with Crippen LogP contribution in [0.3, 0.4) is 0 Å². The third-order valence-electron chi connectivity index (χ3n) is 4.37. The predicted molar refractivity (Wildman–Crippen MR) is 84.0 cm³/mol. The summed E-state index contributed by atoms with van der Waals surface area (Å²) < 4.78 is 18.2. The van der Waals surface area contributed by atoms with Gasteiger partial charge in [0.25, 0.3) is 0 Å². The minimum atomic E-state index is -1.60. The van der Waals surface area contributed by atoms with Crippen molar-refractivity contribution >= 4 is 8.03 Å². The molecule has 0 heterocycles. The fourth-order valence-corrected chi connectivity index (χ4v) is 4.28. The van der Waals surface area contributed by atoms with Gasteiger partial charge in [0.1, 0.15) is 6.10 Å². The van der Waals surface area contributed by atoms with Crippen LogP contribution in [0.2, 0.25) is 0 Å². The third kappa shape index (κ3) is 4.40. The zero-order valence-electron chi connectivity index (χ0n) is 12.8. The van der Waals surface area contributed by atoms with Crippen molar-refractivity contribution in [2.45, 2.75) is 52.3 Å². The molecular weight excluding hydrogens is 267 g/mol. The van der Waals surface area contributed by atoms with Crippen LogP contribution in [0.15, 0.2) is 30.3 Å². The largest absolute Gasteiger partial charge is 0.513 e. The Morgan fingerprint density at radius 1 is 1.25 bits per heavy atom. The van der Waals surface area contributed by atoms with E-state index in [0.29, 0.717) is 23.9 Å². The maximum Gasteiger partial charge on any atom is 0.513 e. The van der Waals surface area contributed by atoms with E-state index in [1.807, 2.05) is 30.3 Å². The van der Waals surface area contributed by atoms with E-state index in [1.165, 1.54) is 12.8 Å². The Kier molecular flexibility index (Phi) is 5.74. The molecule has 0 N–H and O–H groups in total. The van der Waals surface area contributed by atoms with Crippen molar-refractivity contribution in [3.8, 4) is 0 Å². The third-order valence-corrected chi connectivity index (χ3v) is 5.50. The van der Waals surface area contributed by atoms with Gasteiger partial charge in [-0.15, -0.1) is 4.52 Å². The number of benzene rings is 1. The summed E-state index contributed by atoms with van der Waals surface area (Å²) in [5.74, 6) is 1.85. The van der Waals surface area contributed by atoms with Gasteiger partial charge >= 0.3 is 8.03 Å². The van der Waals surface area contributed by atoms with E-state index < -0.39 is 8.03 Å². The van der Waals surface area contributed by atoms with Crippen molar-refractivity contribution in [1.29, 1.82) is 0 Å². The Balaban J connectivity index is 1.94. The van der Waals surface area contributed by atoms with Crippen LogP contribution in [0.1, 0.15) is 45.6 Å². The molecule has 0 aromatic heterocycles. The van der Waals surface area contributed by atoms with Crippen molar-refractivity contribution in [3.63, 3.8) is 0 Å². The lowest BCUT2D eigenvalue weighted by atomic mass is 9.75. The van der Waals surface area contributed by atoms with Gasteiger partial charge in [0.15, 0.2) is 0 Å². The van der Waals surface area contributed by atoms with Gasteiger partial charge in [-0.3, -0.25) is 0 Å². The first-order valence-electron chi connectivity index (χ1n) is 7.71. The Labute approximate surface area is 123 Å². The summed E-state index contributed by atoms with van der Waals surface area (Å²) in [7, 11) is -1.60. The van der Waals surface area contributed by atoms with Crippen LogP contribution in [0.5, 0.6) is 0 Å². The molecule has 1 fully saturated rings. The van der Waals surface area contributed by atoms with E-state index >= 15 is 0 Å². The van der Waals surface area contributed by atoms with Crippen molar-refractivity contribution in [3.05, 3.63) is 35.9 Å². The highest BCUT2D eigenvalue weighted by Crippen LogP contribution is 2.41. The Morgan fingerprint density at radius 3 is 2.60 bits per heavy atom. The maximum absolute atomic E-state index is 12.3. The first kappa shape index (κ1) is 15.7. The van der Waals surface area contributed by atoms with Gasteiger partial charge in [-0.25, -0.2) is 0 Å². The molecule has 3 heteroatoms. The average molecular weight is 293 g/mol. The zero-order valence-corrected chi connectivity index (χ0v) is 13.7. The van der Waals surface area contributed by atoms with E-state index in [2.05, 4.69) is 20.8 Å². The SMILES string of the molecule is CC1CCC(C(C)C)[C@H](O[P+](=O)Cc2ccccc2)C1. The molecule has 0 bridgehead atoms. The highest BCUT2D eigenvalue weighted by molar-refractivity contribution is 7.38. The monoisotopic (exact) mass is 293 g/mol. The highest BCUT2D eigenvalue weighted by Gasteiger charge is 2.37. The van der Waals surface area contributed by atoms with Crippen molar-refractivity contribution in [1.82, 2.24) is 0 Å². The summed E-state index contributed by atoms with van der Waals surface area (Å²) in [5.41, 5.74) is 1.10. The van der Waals surface area contributed by atoms with Crippen molar-refractivity contribution < 1.29 is 9.09 Å². The zero-order chi connectivity index (χ0) is 14.5. The Morgan fingerprint density at radius 2 is 1.95 bits per heavy atom. The fourth-order valence-electron chi connectivity index (χ4n) is 3.16. The van der Waals surface area contributed by atoms with Gasteiger partial charge in [-0.2, -0.15) is 0 Å². The molecule has 1 saturated carbocycles. The lowest BCUT2D eigenvalue weighted by Gasteiger charge is -2.33. The molecule has 3 unspecified atom stereocenters. The van der Waals surface area contributed by atoms with E-state index in [9.17, 15) is 4.57 Å². The molecule has 0 radical (unpaired) electrons. The molecule has 20 heavy (non-hydrogen) atoms. The van der Waals surface area contributed by atoms with Crippen LogP contribution in [0.25, 0.3) is 0 Å². The number of rotatable bonds is 5. The Hall–Kier alpha value is -0.720. The summed E-state index contributed by atoms with van der Waals surface area (Å²) in [6, 6.07) is 9.98. The normalized spacial score (nSPS) is 27.6. The van der Waals surface area contributed by atoms with Crippen LogP contribution in [-0.4, -0.2) is 6.10 Å². The van der Waals surface area contributed by atoms with Crippen molar-refractivity contribution in [2.75, 3.05) is 0 Å². The van der Waals surface area contributed by atoms with Gasteiger partial charge in [-0.1, -0.05) is 57.5 Å². The summed E-state index contributed by atoms with van der Waals surface area (Å²) in [5, 5.41) is 0. The topological polar surface area (TPSA) is 26.3 Å². The molecule has 110 valence electrons. The van der Waals surface area contributed by atoms with Crippen LogP contribution in [-0.2, 0) is 15.3 Å². The fraction of sp³-hybridized carbons (Fsp3) is 0.647. The summed E-state index contributed by atoms with van der Waals surface area (Å²) in [6.45, 7) is 6.78. The highest BCUT2D eigenvalue weighted by atomic mass is 31.1. The maximum atomic E-state index is 12.3. The molecule has 1 aliphatic rings. The predicted octanol–water partition coefficient (Wildman–Crippen LogP) is 5.41. The minimum absolute atomic E-state index is 0.172. The molecule has 1 aliphatic carbocycles. The summed E-state index contributed by atoms with van der Waals surface area (Å²) in [4.78, 5) is 0. The molecule has 0 aliphatic heterocycles.